The first kappa shape index (κ1) is 14.3. The van der Waals surface area contributed by atoms with Gasteiger partial charge in [-0.2, -0.15) is 0 Å². The molecule has 0 saturated carbocycles. The van der Waals surface area contributed by atoms with E-state index in [1.54, 1.807) is 0 Å². The molecule has 0 spiro atoms. The first-order valence-electron chi connectivity index (χ1n) is 5.30. The van der Waals surface area contributed by atoms with Gasteiger partial charge in [-0.15, -0.1) is 0 Å². The lowest BCUT2D eigenvalue weighted by Crippen LogP contribution is -1.88. The average molecular weight is 223 g/mol. The Morgan fingerprint density at radius 3 is 2.19 bits per heavy atom. The number of carbonyl (C=O) groups excluding carboxylic acids is 1. The molecule has 0 bridgehead atoms. The van der Waals surface area contributed by atoms with Crippen molar-refractivity contribution >= 4 is 5.78 Å². The summed E-state index contributed by atoms with van der Waals surface area (Å²) in [7, 11) is 0.889. The van der Waals surface area contributed by atoms with Gasteiger partial charge in [-0.1, -0.05) is 38.1 Å². The molecule has 0 aliphatic heterocycles. The summed E-state index contributed by atoms with van der Waals surface area (Å²) in [5.41, 5.74) is 2.15. The van der Waals surface area contributed by atoms with E-state index >= 15 is 0 Å². The summed E-state index contributed by atoms with van der Waals surface area (Å²) in [6.07, 6.45) is 1.65. The van der Waals surface area contributed by atoms with Gasteiger partial charge in [0.05, 0.1) is 0 Å². The normalized spacial score (nSPS) is 11.6. The molecule has 4 nitrogen and oxygen atoms in total. The van der Waals surface area contributed by atoms with Crippen LogP contribution in [0.5, 0.6) is 0 Å². The van der Waals surface area contributed by atoms with Crippen LogP contribution >= 0.6 is 0 Å². The number of nitro groups is 1. The lowest BCUT2D eigenvalue weighted by molar-refractivity contribution is -0.445. The Bertz CT molecular complexity index is 357. The Hall–Kier alpha value is -1.71. The smallest absolute Gasteiger partial charge is 0.194 e. The SMILES string of the molecule is CC.C[N+](=O)[O-].O=C1CCc2ccccc21. The second kappa shape index (κ2) is 7.56. The number of hydrogen-bond donors (Lipinski definition) is 0. The third-order valence-corrected chi connectivity index (χ3v) is 1.94. The maximum Gasteiger partial charge on any atom is 0.194 e. The van der Waals surface area contributed by atoms with Gasteiger partial charge in [0.25, 0.3) is 0 Å². The fourth-order valence-corrected chi connectivity index (χ4v) is 1.39. The summed E-state index contributed by atoms with van der Waals surface area (Å²) in [6.45, 7) is 4.00. The molecule has 16 heavy (non-hydrogen) atoms. The lowest BCUT2D eigenvalue weighted by Gasteiger charge is -1.92. The van der Waals surface area contributed by atoms with Crippen LogP contribution in [0.15, 0.2) is 24.3 Å². The highest BCUT2D eigenvalue weighted by Gasteiger charge is 2.17. The molecule has 1 aliphatic carbocycles. The number of ketones is 1. The van der Waals surface area contributed by atoms with E-state index in [2.05, 4.69) is 0 Å². The number of Topliss-reactive ketones (excluding diaryl/α,β-unsaturated/α-hetero) is 1. The van der Waals surface area contributed by atoms with Gasteiger partial charge < -0.3 is 0 Å². The number of carbonyl (C=O) groups is 1. The molecule has 0 unspecified atom stereocenters. The molecule has 0 atom stereocenters. The molecule has 2 rings (SSSR count). The Morgan fingerprint density at radius 1 is 1.19 bits per heavy atom. The molecule has 0 radical (unpaired) electrons. The number of benzene rings is 1. The van der Waals surface area contributed by atoms with Crippen LogP contribution in [0.2, 0.25) is 0 Å². The van der Waals surface area contributed by atoms with Gasteiger partial charge >= 0.3 is 0 Å². The molecule has 0 amide bonds. The second-order valence-electron chi connectivity index (χ2n) is 3.02. The van der Waals surface area contributed by atoms with Crippen molar-refractivity contribution in [1.29, 1.82) is 0 Å². The summed E-state index contributed by atoms with van der Waals surface area (Å²) >= 11 is 0. The molecule has 1 aromatic carbocycles. The number of hydrogen-bond acceptors (Lipinski definition) is 3. The van der Waals surface area contributed by atoms with Gasteiger partial charge in [0.15, 0.2) is 12.8 Å². The van der Waals surface area contributed by atoms with Crippen molar-refractivity contribution in [3.63, 3.8) is 0 Å². The van der Waals surface area contributed by atoms with Crippen LogP contribution in [0.3, 0.4) is 0 Å². The summed E-state index contributed by atoms with van der Waals surface area (Å²) in [5, 5.41) is 8.81. The van der Waals surface area contributed by atoms with E-state index in [0.29, 0.717) is 12.2 Å². The van der Waals surface area contributed by atoms with E-state index in [4.69, 9.17) is 10.1 Å². The largest absolute Gasteiger partial charge is 0.294 e. The summed E-state index contributed by atoms with van der Waals surface area (Å²) in [6, 6.07) is 7.84. The van der Waals surface area contributed by atoms with Crippen LogP contribution in [0.25, 0.3) is 0 Å². The molecule has 1 aliphatic rings. The Balaban J connectivity index is 0.000000323. The van der Waals surface area contributed by atoms with Gasteiger partial charge in [-0.05, 0) is 12.0 Å². The van der Waals surface area contributed by atoms with Crippen molar-refractivity contribution in [2.45, 2.75) is 26.7 Å². The summed E-state index contributed by atoms with van der Waals surface area (Å²) in [4.78, 5) is 19.4. The third kappa shape index (κ3) is 4.68. The highest BCUT2D eigenvalue weighted by Crippen LogP contribution is 2.20. The van der Waals surface area contributed by atoms with Crippen molar-refractivity contribution in [2.24, 2.45) is 0 Å². The maximum atomic E-state index is 11.1. The quantitative estimate of drug-likeness (QED) is 0.502. The van der Waals surface area contributed by atoms with Gasteiger partial charge in [0.2, 0.25) is 0 Å². The zero-order valence-corrected chi connectivity index (χ0v) is 9.90. The van der Waals surface area contributed by atoms with E-state index in [1.807, 2.05) is 38.1 Å². The minimum Gasteiger partial charge on any atom is -0.294 e. The number of fused-ring (bicyclic) bond motifs is 1. The third-order valence-electron chi connectivity index (χ3n) is 1.94. The molecular weight excluding hydrogens is 206 g/mol. The van der Waals surface area contributed by atoms with Crippen molar-refractivity contribution in [3.8, 4) is 0 Å². The van der Waals surface area contributed by atoms with Gasteiger partial charge in [-0.25, -0.2) is 0 Å². The molecule has 0 heterocycles. The Labute approximate surface area is 95.4 Å². The molecule has 1 aromatic rings. The number of rotatable bonds is 0. The molecule has 0 fully saturated rings. The molecule has 0 N–H and O–H groups in total. The standard InChI is InChI=1S/C9H8O.C2H6.CH3NO2/c10-9-6-5-7-3-1-2-4-8(7)9;1-2;1-2(3)4/h1-4H,5-6H2;1-2H3;1H3. The van der Waals surface area contributed by atoms with Crippen LogP contribution in [0.1, 0.15) is 36.2 Å². The number of aryl methyl sites for hydroxylation is 1. The fourth-order valence-electron chi connectivity index (χ4n) is 1.39. The first-order chi connectivity index (χ1) is 7.61. The van der Waals surface area contributed by atoms with Crippen LogP contribution in [0, 0.1) is 10.1 Å². The van der Waals surface area contributed by atoms with Crippen molar-refractivity contribution in [2.75, 3.05) is 7.05 Å². The zero-order valence-electron chi connectivity index (χ0n) is 9.90. The predicted molar refractivity (Wildman–Crippen MR) is 63.4 cm³/mol. The Morgan fingerprint density at radius 2 is 1.69 bits per heavy atom. The van der Waals surface area contributed by atoms with Crippen LogP contribution in [-0.4, -0.2) is 17.8 Å². The molecule has 88 valence electrons. The first-order valence-corrected chi connectivity index (χ1v) is 5.30. The zero-order chi connectivity index (χ0) is 12.6. The van der Waals surface area contributed by atoms with E-state index in [1.165, 1.54) is 5.56 Å². The predicted octanol–water partition coefficient (Wildman–Crippen LogP) is 2.73. The molecule has 0 saturated heterocycles. The highest BCUT2D eigenvalue weighted by atomic mass is 16.6. The average Bonchev–Trinajstić information content (AvgIpc) is 2.64. The second-order valence-corrected chi connectivity index (χ2v) is 3.02. The minimum absolute atomic E-state index is 0.301. The monoisotopic (exact) mass is 223 g/mol. The summed E-state index contributed by atoms with van der Waals surface area (Å²) < 4.78 is 0. The van der Waals surface area contributed by atoms with Crippen molar-refractivity contribution in [1.82, 2.24) is 0 Å². The van der Waals surface area contributed by atoms with Crippen LogP contribution in [-0.2, 0) is 6.42 Å². The topological polar surface area (TPSA) is 60.2 Å². The van der Waals surface area contributed by atoms with Gasteiger partial charge in [0.1, 0.15) is 0 Å². The lowest BCUT2D eigenvalue weighted by atomic mass is 10.1. The summed E-state index contributed by atoms with van der Waals surface area (Å²) in [5.74, 6) is 0.301. The van der Waals surface area contributed by atoms with Crippen molar-refractivity contribution in [3.05, 3.63) is 45.5 Å². The van der Waals surface area contributed by atoms with Crippen LogP contribution < -0.4 is 0 Å². The van der Waals surface area contributed by atoms with E-state index < -0.39 is 4.92 Å². The maximum absolute atomic E-state index is 11.1. The van der Waals surface area contributed by atoms with Crippen LogP contribution in [0.4, 0.5) is 0 Å². The minimum atomic E-state index is -0.500. The van der Waals surface area contributed by atoms with E-state index in [-0.39, 0.29) is 0 Å². The molecule has 0 aromatic heterocycles. The Kier molecular flexibility index (Phi) is 6.76. The highest BCUT2D eigenvalue weighted by molar-refractivity contribution is 6.00. The van der Waals surface area contributed by atoms with Gasteiger partial charge in [0, 0.05) is 16.9 Å². The fraction of sp³-hybridized carbons (Fsp3) is 0.417. The van der Waals surface area contributed by atoms with E-state index in [0.717, 1.165) is 19.0 Å². The molecule has 4 heteroatoms. The van der Waals surface area contributed by atoms with E-state index in [9.17, 15) is 4.79 Å². The molecular formula is C12H17NO3. The number of nitrogens with zero attached hydrogens (tertiary/aromatic N) is 1. The van der Waals surface area contributed by atoms with Crippen molar-refractivity contribution < 1.29 is 9.72 Å². The van der Waals surface area contributed by atoms with Gasteiger partial charge in [-0.3, -0.25) is 14.9 Å².